The van der Waals surface area contributed by atoms with Crippen LogP contribution in [0.15, 0.2) is 24.3 Å². The highest BCUT2D eigenvalue weighted by molar-refractivity contribution is 5.37. The van der Waals surface area contributed by atoms with Gasteiger partial charge in [-0.3, -0.25) is 0 Å². The van der Waals surface area contributed by atoms with E-state index in [2.05, 4.69) is 4.74 Å². The molecule has 60 valence electrons. The molecule has 1 aromatic rings. The van der Waals surface area contributed by atoms with Crippen LogP contribution < -0.4 is 4.74 Å². The molecule has 0 aliphatic carbocycles. The summed E-state index contributed by atoms with van der Waals surface area (Å²) >= 11 is 0. The van der Waals surface area contributed by atoms with E-state index >= 15 is 0 Å². The molecule has 0 atom stereocenters. The maximum atomic E-state index is 9.01. The summed E-state index contributed by atoms with van der Waals surface area (Å²) in [6.45, 7) is -1.90. The molecule has 0 heterocycles. The molecule has 0 unspecified atom stereocenters. The van der Waals surface area contributed by atoms with Crippen molar-refractivity contribution in [2.45, 2.75) is 6.48 Å². The lowest BCUT2D eigenvalue weighted by Crippen LogP contribution is -2.13. The first-order chi connectivity index (χ1) is 5.20. The van der Waals surface area contributed by atoms with E-state index in [1.807, 2.05) is 0 Å². The summed E-state index contributed by atoms with van der Waals surface area (Å²) in [5, 5.41) is 25.7. The Hall–Kier alpha value is -1.26. The van der Waals surface area contributed by atoms with E-state index < -0.39 is 6.48 Å². The second kappa shape index (κ2) is 3.23. The van der Waals surface area contributed by atoms with Crippen LogP contribution in [0.5, 0.6) is 11.5 Å². The summed E-state index contributed by atoms with van der Waals surface area (Å²) in [7, 11) is 0. The zero-order chi connectivity index (χ0) is 8.27. The van der Waals surface area contributed by atoms with Crippen LogP contribution in [0.3, 0.4) is 0 Å². The number of hydrogen-bond acceptors (Lipinski definition) is 4. The molecule has 0 bridgehead atoms. The third-order valence-electron chi connectivity index (χ3n) is 1.10. The highest BCUT2D eigenvalue weighted by Crippen LogP contribution is 2.24. The van der Waals surface area contributed by atoms with Gasteiger partial charge in [0.1, 0.15) is 0 Å². The first kappa shape index (κ1) is 7.84. The molecule has 0 fully saturated rings. The smallest absolute Gasteiger partial charge is 0.310 e. The first-order valence-electron chi connectivity index (χ1n) is 3.01. The van der Waals surface area contributed by atoms with Gasteiger partial charge in [-0.2, -0.15) is 0 Å². The topological polar surface area (TPSA) is 69.9 Å². The summed E-state index contributed by atoms with van der Waals surface area (Å²) < 4.78 is 4.41. The van der Waals surface area contributed by atoms with Crippen molar-refractivity contribution >= 4 is 0 Å². The molecule has 4 nitrogen and oxygen atoms in total. The fraction of sp³-hybridized carbons (Fsp3) is 0.143. The van der Waals surface area contributed by atoms with Crippen LogP contribution in [-0.2, 0) is 0 Å². The average molecular weight is 156 g/mol. The van der Waals surface area contributed by atoms with Gasteiger partial charge in [0.2, 0.25) is 0 Å². The number of aliphatic hydroxyl groups excluding tert-OH is 1. The standard InChI is InChI=1S/C7H8O4/c8-5-3-1-2-4-6(5)11-7(9)10/h1-4,7-10H. The minimum absolute atomic E-state index is 0.0440. The molecule has 0 aliphatic heterocycles. The Morgan fingerprint density at radius 3 is 2.36 bits per heavy atom. The summed E-state index contributed by atoms with van der Waals surface area (Å²) in [6, 6.07) is 6.02. The zero-order valence-electron chi connectivity index (χ0n) is 5.64. The number of aromatic hydroxyl groups is 1. The van der Waals surface area contributed by atoms with Gasteiger partial charge in [0.05, 0.1) is 0 Å². The third kappa shape index (κ3) is 2.10. The number of para-hydroxylation sites is 2. The van der Waals surface area contributed by atoms with Crippen LogP contribution in [0.4, 0.5) is 0 Å². The van der Waals surface area contributed by atoms with E-state index in [1.54, 1.807) is 12.1 Å². The molecule has 0 aromatic heterocycles. The Morgan fingerprint density at radius 1 is 1.18 bits per heavy atom. The maximum Gasteiger partial charge on any atom is 0.310 e. The van der Waals surface area contributed by atoms with Gasteiger partial charge in [-0.1, -0.05) is 12.1 Å². The fourth-order valence-electron chi connectivity index (χ4n) is 0.670. The minimum Gasteiger partial charge on any atom is -0.504 e. The number of benzene rings is 1. The van der Waals surface area contributed by atoms with Crippen molar-refractivity contribution in [2.24, 2.45) is 0 Å². The summed E-state index contributed by atoms with van der Waals surface area (Å²) in [4.78, 5) is 0. The SMILES string of the molecule is Oc1ccccc1OC(O)O. The van der Waals surface area contributed by atoms with Crippen LogP contribution in [0.25, 0.3) is 0 Å². The number of ether oxygens (including phenoxy) is 1. The van der Waals surface area contributed by atoms with Crippen LogP contribution in [0, 0.1) is 0 Å². The van der Waals surface area contributed by atoms with Gasteiger partial charge >= 0.3 is 6.48 Å². The van der Waals surface area contributed by atoms with Crippen LogP contribution >= 0.6 is 0 Å². The molecule has 1 rings (SSSR count). The Balaban J connectivity index is 2.78. The predicted octanol–water partition coefficient (Wildman–Crippen LogP) is 0.0392. The molecular weight excluding hydrogens is 148 g/mol. The second-order valence-electron chi connectivity index (χ2n) is 1.91. The summed E-state index contributed by atoms with van der Waals surface area (Å²) in [5.41, 5.74) is 0. The predicted molar refractivity (Wildman–Crippen MR) is 37.0 cm³/mol. The monoisotopic (exact) mass is 156 g/mol. The number of rotatable bonds is 2. The minimum atomic E-state index is -1.90. The lowest BCUT2D eigenvalue weighted by Gasteiger charge is -2.07. The van der Waals surface area contributed by atoms with E-state index in [-0.39, 0.29) is 11.5 Å². The van der Waals surface area contributed by atoms with Crippen LogP contribution in [0.2, 0.25) is 0 Å². The van der Waals surface area contributed by atoms with Crippen molar-refractivity contribution in [3.63, 3.8) is 0 Å². The average Bonchev–Trinajstić information content (AvgIpc) is 1.93. The normalized spacial score (nSPS) is 10.1. The highest BCUT2D eigenvalue weighted by atomic mass is 16.7. The van der Waals surface area contributed by atoms with Gasteiger partial charge in [0, 0.05) is 0 Å². The molecule has 4 heteroatoms. The quantitative estimate of drug-likeness (QED) is 0.529. The Labute approximate surface area is 63.3 Å². The molecule has 0 amide bonds. The number of phenolic OH excluding ortho intramolecular Hbond substituents is 1. The van der Waals surface area contributed by atoms with Gasteiger partial charge in [0.15, 0.2) is 11.5 Å². The second-order valence-corrected chi connectivity index (χ2v) is 1.91. The van der Waals surface area contributed by atoms with Gasteiger partial charge < -0.3 is 20.1 Å². The maximum absolute atomic E-state index is 9.01. The molecule has 0 radical (unpaired) electrons. The van der Waals surface area contributed by atoms with Crippen LogP contribution in [0.1, 0.15) is 0 Å². The number of aliphatic hydroxyl groups is 2. The van der Waals surface area contributed by atoms with E-state index in [0.29, 0.717) is 0 Å². The Kier molecular flexibility index (Phi) is 2.30. The molecule has 11 heavy (non-hydrogen) atoms. The summed E-state index contributed by atoms with van der Waals surface area (Å²) in [6.07, 6.45) is 0. The molecule has 0 spiro atoms. The van der Waals surface area contributed by atoms with Crippen molar-refractivity contribution in [3.05, 3.63) is 24.3 Å². The van der Waals surface area contributed by atoms with Gasteiger partial charge in [0.25, 0.3) is 0 Å². The molecule has 0 saturated heterocycles. The van der Waals surface area contributed by atoms with Crippen molar-refractivity contribution in [1.82, 2.24) is 0 Å². The Morgan fingerprint density at radius 2 is 1.82 bits per heavy atom. The lowest BCUT2D eigenvalue weighted by molar-refractivity contribution is -0.180. The van der Waals surface area contributed by atoms with Crippen molar-refractivity contribution in [3.8, 4) is 11.5 Å². The Bertz CT molecular complexity index is 234. The lowest BCUT2D eigenvalue weighted by atomic mass is 10.3. The molecule has 1 aromatic carbocycles. The van der Waals surface area contributed by atoms with Crippen molar-refractivity contribution in [1.29, 1.82) is 0 Å². The molecular formula is C7H8O4. The molecule has 3 N–H and O–H groups in total. The number of hydrogen-bond donors (Lipinski definition) is 3. The largest absolute Gasteiger partial charge is 0.504 e. The van der Waals surface area contributed by atoms with E-state index in [9.17, 15) is 0 Å². The van der Waals surface area contributed by atoms with Gasteiger partial charge in [-0.15, -0.1) is 0 Å². The fourth-order valence-corrected chi connectivity index (χ4v) is 0.670. The van der Waals surface area contributed by atoms with Crippen LogP contribution in [-0.4, -0.2) is 21.8 Å². The number of phenols is 1. The first-order valence-corrected chi connectivity index (χ1v) is 3.01. The van der Waals surface area contributed by atoms with E-state index in [1.165, 1.54) is 12.1 Å². The zero-order valence-corrected chi connectivity index (χ0v) is 5.64. The van der Waals surface area contributed by atoms with Crippen molar-refractivity contribution < 1.29 is 20.1 Å². The summed E-state index contributed by atoms with van der Waals surface area (Å²) in [5.74, 6) is -0.0805. The highest BCUT2D eigenvalue weighted by Gasteiger charge is 2.03. The van der Waals surface area contributed by atoms with E-state index in [0.717, 1.165) is 0 Å². The third-order valence-corrected chi connectivity index (χ3v) is 1.10. The van der Waals surface area contributed by atoms with Gasteiger partial charge in [-0.25, -0.2) is 0 Å². The van der Waals surface area contributed by atoms with E-state index in [4.69, 9.17) is 15.3 Å². The molecule has 0 saturated carbocycles. The van der Waals surface area contributed by atoms with Gasteiger partial charge in [-0.05, 0) is 12.1 Å². The van der Waals surface area contributed by atoms with Crippen molar-refractivity contribution in [2.75, 3.05) is 0 Å². The molecule has 0 aliphatic rings.